The van der Waals surface area contributed by atoms with Crippen LogP contribution in [0.4, 0.5) is 42.6 Å². The van der Waals surface area contributed by atoms with Gasteiger partial charge in [0.15, 0.2) is 5.82 Å². The Bertz CT molecular complexity index is 1140. The first-order valence-electron chi connectivity index (χ1n) is 9.20. The van der Waals surface area contributed by atoms with Gasteiger partial charge in [0.05, 0.1) is 18.3 Å². The zero-order chi connectivity index (χ0) is 24.9. The number of carbonyl (C=O) groups excluding carboxylic acids is 2. The van der Waals surface area contributed by atoms with Gasteiger partial charge in [0, 0.05) is 5.69 Å². The molecular formula is C20H14F6N4O4. The van der Waals surface area contributed by atoms with Crippen molar-refractivity contribution in [1.82, 2.24) is 9.55 Å². The number of rotatable bonds is 7. The van der Waals surface area contributed by atoms with Crippen LogP contribution in [0.25, 0.3) is 0 Å². The van der Waals surface area contributed by atoms with E-state index in [-0.39, 0.29) is 30.5 Å². The van der Waals surface area contributed by atoms with Gasteiger partial charge >= 0.3 is 31.1 Å². The average molecular weight is 488 g/mol. The fraction of sp³-hybridized carbons (Fsp3) is 0.150. The van der Waals surface area contributed by atoms with Gasteiger partial charge in [-0.3, -0.25) is 14.7 Å². The van der Waals surface area contributed by atoms with Crippen molar-refractivity contribution in [3.05, 3.63) is 65.9 Å². The smallest absolute Gasteiger partial charge is 0.406 e. The van der Waals surface area contributed by atoms with E-state index in [0.29, 0.717) is 5.56 Å². The largest absolute Gasteiger partial charge is 0.573 e. The summed E-state index contributed by atoms with van der Waals surface area (Å²) in [5, 5.41) is 4.70. The highest BCUT2D eigenvalue weighted by Crippen LogP contribution is 2.29. The molecule has 0 saturated heterocycles. The Balaban J connectivity index is 1.66. The van der Waals surface area contributed by atoms with E-state index in [9.17, 15) is 35.9 Å². The summed E-state index contributed by atoms with van der Waals surface area (Å²) < 4.78 is 84.4. The Kier molecular flexibility index (Phi) is 6.98. The third kappa shape index (κ3) is 6.88. The fourth-order valence-electron chi connectivity index (χ4n) is 2.72. The van der Waals surface area contributed by atoms with Crippen LogP contribution in [0.3, 0.4) is 0 Å². The maximum absolute atomic E-state index is 12.7. The molecule has 8 nitrogen and oxygen atoms in total. The van der Waals surface area contributed by atoms with Gasteiger partial charge in [0.1, 0.15) is 5.75 Å². The molecule has 0 aliphatic carbocycles. The number of hydrogen-bond donors (Lipinski definition) is 2. The number of benzene rings is 2. The number of carbonyl (C=O) groups is 2. The molecule has 2 amide bonds. The van der Waals surface area contributed by atoms with Crippen LogP contribution in [0, 0.1) is 0 Å². The van der Waals surface area contributed by atoms with Crippen LogP contribution in [0.2, 0.25) is 0 Å². The molecule has 0 aliphatic heterocycles. The molecule has 0 radical (unpaired) electrons. The Morgan fingerprint density at radius 1 is 0.971 bits per heavy atom. The maximum Gasteiger partial charge on any atom is 0.573 e. The number of alkyl halides is 6. The second-order valence-corrected chi connectivity index (χ2v) is 6.60. The molecule has 0 aliphatic rings. The summed E-state index contributed by atoms with van der Waals surface area (Å²) >= 11 is 0. The number of aromatic nitrogens is 2. The molecule has 3 rings (SSSR count). The lowest BCUT2D eigenvalue weighted by Gasteiger charge is -2.10. The molecule has 2 aromatic carbocycles. The van der Waals surface area contributed by atoms with Gasteiger partial charge in [-0.25, -0.2) is 4.79 Å². The quantitative estimate of drug-likeness (QED) is 0.360. The zero-order valence-electron chi connectivity index (χ0n) is 16.8. The predicted octanol–water partition coefficient (Wildman–Crippen LogP) is 5.03. The number of nitrogens with zero attached hydrogens (tertiary/aromatic N) is 2. The minimum atomic E-state index is -4.85. The molecule has 1 aromatic heterocycles. The minimum Gasteiger partial charge on any atom is -0.406 e. The number of urea groups is 1. The SMILES string of the molecule is O=COc1nc(NC(=O)Nc2ccc(OC(F)(F)F)cc2)cn1Cc1ccc(C(F)(F)F)cc1. The van der Waals surface area contributed by atoms with Crippen molar-refractivity contribution in [3.8, 4) is 11.8 Å². The van der Waals surface area contributed by atoms with E-state index in [4.69, 9.17) is 4.74 Å². The van der Waals surface area contributed by atoms with Crippen LogP contribution in [0.1, 0.15) is 11.1 Å². The molecule has 1 heterocycles. The standard InChI is InChI=1S/C20H14F6N4O4/c21-19(22,23)13-3-1-12(2-4-13)9-30-10-16(29-18(30)33-11-31)28-17(32)27-14-5-7-15(8-6-14)34-20(24,25)26/h1-8,10-11H,9H2,(H2,27,28,32). The van der Waals surface area contributed by atoms with Crippen molar-refractivity contribution < 1.29 is 45.4 Å². The minimum absolute atomic E-state index is 0.0295. The van der Waals surface area contributed by atoms with Crippen molar-refractivity contribution in [2.45, 2.75) is 19.1 Å². The van der Waals surface area contributed by atoms with Crippen LogP contribution in [0.15, 0.2) is 54.7 Å². The topological polar surface area (TPSA) is 94.5 Å². The van der Waals surface area contributed by atoms with E-state index in [0.717, 1.165) is 24.3 Å². The average Bonchev–Trinajstić information content (AvgIpc) is 3.09. The Morgan fingerprint density at radius 2 is 1.62 bits per heavy atom. The van der Waals surface area contributed by atoms with Gasteiger partial charge in [-0.15, -0.1) is 13.2 Å². The highest BCUT2D eigenvalue weighted by molar-refractivity contribution is 5.99. The lowest BCUT2D eigenvalue weighted by Crippen LogP contribution is -2.20. The second-order valence-electron chi connectivity index (χ2n) is 6.60. The van der Waals surface area contributed by atoms with Crippen molar-refractivity contribution in [2.75, 3.05) is 10.6 Å². The highest BCUT2D eigenvalue weighted by atomic mass is 19.4. The first kappa shape index (κ1) is 24.4. The number of hydrogen-bond acceptors (Lipinski definition) is 5. The number of halogens is 6. The van der Waals surface area contributed by atoms with Crippen molar-refractivity contribution in [1.29, 1.82) is 0 Å². The lowest BCUT2D eigenvalue weighted by molar-refractivity contribution is -0.274. The van der Waals surface area contributed by atoms with E-state index >= 15 is 0 Å². The first-order valence-corrected chi connectivity index (χ1v) is 9.20. The molecule has 34 heavy (non-hydrogen) atoms. The van der Waals surface area contributed by atoms with Crippen LogP contribution >= 0.6 is 0 Å². The van der Waals surface area contributed by atoms with E-state index in [2.05, 4.69) is 20.4 Å². The molecule has 3 aromatic rings. The molecule has 0 spiro atoms. The maximum atomic E-state index is 12.7. The molecule has 180 valence electrons. The fourth-order valence-corrected chi connectivity index (χ4v) is 2.72. The van der Waals surface area contributed by atoms with Gasteiger partial charge in [0.2, 0.25) is 0 Å². The molecule has 0 bridgehead atoms. The highest BCUT2D eigenvalue weighted by Gasteiger charge is 2.31. The third-order valence-electron chi connectivity index (χ3n) is 4.11. The van der Waals surface area contributed by atoms with E-state index in [1.54, 1.807) is 0 Å². The van der Waals surface area contributed by atoms with Crippen molar-refractivity contribution in [2.24, 2.45) is 0 Å². The van der Waals surface area contributed by atoms with Crippen molar-refractivity contribution in [3.63, 3.8) is 0 Å². The summed E-state index contributed by atoms with van der Waals surface area (Å²) in [5.41, 5.74) is -0.262. The van der Waals surface area contributed by atoms with Gasteiger partial charge in [0.25, 0.3) is 0 Å². The molecule has 0 unspecified atom stereocenters. The normalized spacial score (nSPS) is 11.6. The molecular weight excluding hydrogens is 474 g/mol. The first-order chi connectivity index (χ1) is 15.9. The number of nitrogens with one attached hydrogen (secondary N) is 2. The Morgan fingerprint density at radius 3 is 2.18 bits per heavy atom. The third-order valence-corrected chi connectivity index (χ3v) is 4.11. The van der Waals surface area contributed by atoms with Crippen molar-refractivity contribution >= 4 is 24.0 Å². The second kappa shape index (κ2) is 9.72. The predicted molar refractivity (Wildman–Crippen MR) is 105 cm³/mol. The molecule has 14 heteroatoms. The number of anilines is 2. The van der Waals surface area contributed by atoms with Gasteiger partial charge in [-0.05, 0) is 42.0 Å². The molecule has 0 atom stereocenters. The molecule has 0 saturated carbocycles. The Labute approximate surface area is 187 Å². The van der Waals surface area contributed by atoms with E-state index in [1.807, 2.05) is 0 Å². The summed E-state index contributed by atoms with van der Waals surface area (Å²) in [4.78, 5) is 26.8. The van der Waals surface area contributed by atoms with Crippen LogP contribution in [-0.4, -0.2) is 28.4 Å². The number of ether oxygens (including phenoxy) is 2. The lowest BCUT2D eigenvalue weighted by atomic mass is 10.1. The summed E-state index contributed by atoms with van der Waals surface area (Å²) in [6.07, 6.45) is -8.07. The molecule has 0 fully saturated rings. The van der Waals surface area contributed by atoms with Crippen LogP contribution in [0.5, 0.6) is 11.8 Å². The van der Waals surface area contributed by atoms with Gasteiger partial charge in [-0.1, -0.05) is 12.1 Å². The summed E-state index contributed by atoms with van der Waals surface area (Å²) in [6, 6.07) is 7.54. The van der Waals surface area contributed by atoms with Crippen LogP contribution < -0.4 is 20.1 Å². The monoisotopic (exact) mass is 488 g/mol. The zero-order valence-corrected chi connectivity index (χ0v) is 16.8. The molecule has 2 N–H and O–H groups in total. The van der Waals surface area contributed by atoms with Crippen LogP contribution in [-0.2, 0) is 17.5 Å². The van der Waals surface area contributed by atoms with E-state index < -0.39 is 29.9 Å². The number of amides is 2. The number of imidazole rings is 1. The van der Waals surface area contributed by atoms with Gasteiger partial charge < -0.3 is 14.8 Å². The van der Waals surface area contributed by atoms with E-state index in [1.165, 1.54) is 35.0 Å². The summed E-state index contributed by atoms with van der Waals surface area (Å²) in [6.45, 7) is 0.0539. The summed E-state index contributed by atoms with van der Waals surface area (Å²) in [5.74, 6) is -0.547. The summed E-state index contributed by atoms with van der Waals surface area (Å²) in [7, 11) is 0. The Hall–Kier alpha value is -4.23. The van der Waals surface area contributed by atoms with Gasteiger partial charge in [-0.2, -0.15) is 18.2 Å².